The number of nitrogens with zero attached hydrogens (tertiary/aromatic N) is 3. The molecule has 1 saturated heterocycles. The van der Waals surface area contributed by atoms with Crippen LogP contribution in [0.25, 0.3) is 10.8 Å². The molecule has 1 aliphatic rings. The van der Waals surface area contributed by atoms with E-state index in [1.54, 1.807) is 18.3 Å². The summed E-state index contributed by atoms with van der Waals surface area (Å²) in [5.74, 6) is 0. The summed E-state index contributed by atoms with van der Waals surface area (Å²) in [4.78, 5) is 16.4. The zero-order chi connectivity index (χ0) is 15.0. The number of hydrogen-bond donors (Lipinski definition) is 1. The van der Waals surface area contributed by atoms with Crippen LogP contribution in [0.15, 0.2) is 30.6 Å². The Morgan fingerprint density at radius 2 is 2.24 bits per heavy atom. The van der Waals surface area contributed by atoms with E-state index in [0.717, 1.165) is 5.69 Å². The number of nitro benzene ring substituents is 1. The first kappa shape index (κ1) is 13.7. The van der Waals surface area contributed by atoms with Gasteiger partial charge in [-0.05, 0) is 12.1 Å². The maximum atomic E-state index is 14.2. The van der Waals surface area contributed by atoms with Gasteiger partial charge < -0.3 is 10.0 Å². The van der Waals surface area contributed by atoms with E-state index >= 15 is 0 Å². The monoisotopic (exact) mass is 291 g/mol. The van der Waals surface area contributed by atoms with Crippen molar-refractivity contribution in [2.24, 2.45) is 0 Å². The minimum Gasteiger partial charge on any atom is -0.393 e. The van der Waals surface area contributed by atoms with Crippen LogP contribution in [-0.2, 0) is 0 Å². The quantitative estimate of drug-likeness (QED) is 0.691. The molecule has 0 unspecified atom stereocenters. The van der Waals surface area contributed by atoms with Gasteiger partial charge in [0.2, 0.25) is 0 Å². The summed E-state index contributed by atoms with van der Waals surface area (Å²) >= 11 is 0. The van der Waals surface area contributed by atoms with E-state index in [2.05, 4.69) is 4.98 Å². The highest BCUT2D eigenvalue weighted by Crippen LogP contribution is 2.36. The van der Waals surface area contributed by atoms with Crippen molar-refractivity contribution < 1.29 is 14.4 Å². The van der Waals surface area contributed by atoms with E-state index in [4.69, 9.17) is 5.11 Å². The average Bonchev–Trinajstić information content (AvgIpc) is 2.89. The zero-order valence-electron chi connectivity index (χ0n) is 11.2. The Labute approximate surface area is 120 Å². The standard InChI is InChI=1S/C14H14FN3O3/c15-14(9-19)4-6-17(8-14)12-1-2-13(18(20)21)11-7-16-5-3-10(11)12/h1-3,5,7,19H,4,6,8-9H2/t14-/m1/s1. The number of hydrogen-bond acceptors (Lipinski definition) is 5. The van der Waals surface area contributed by atoms with E-state index in [-0.39, 0.29) is 18.7 Å². The fraction of sp³-hybridized carbons (Fsp3) is 0.357. The molecular weight excluding hydrogens is 277 g/mol. The highest BCUT2D eigenvalue weighted by molar-refractivity contribution is 5.99. The summed E-state index contributed by atoms with van der Waals surface area (Å²) in [7, 11) is 0. The summed E-state index contributed by atoms with van der Waals surface area (Å²) in [5.41, 5.74) is -0.901. The van der Waals surface area contributed by atoms with E-state index in [1.165, 1.54) is 12.3 Å². The highest BCUT2D eigenvalue weighted by atomic mass is 19.1. The number of nitro groups is 1. The molecular formula is C14H14FN3O3. The van der Waals surface area contributed by atoms with Gasteiger partial charge in [-0.2, -0.15) is 0 Å². The predicted molar refractivity (Wildman–Crippen MR) is 76.2 cm³/mol. The van der Waals surface area contributed by atoms with Gasteiger partial charge in [0.05, 0.1) is 23.5 Å². The van der Waals surface area contributed by atoms with Crippen molar-refractivity contribution in [3.05, 3.63) is 40.7 Å². The van der Waals surface area contributed by atoms with Gasteiger partial charge in [-0.25, -0.2) is 4.39 Å². The van der Waals surface area contributed by atoms with Crippen LogP contribution in [0, 0.1) is 10.1 Å². The topological polar surface area (TPSA) is 79.5 Å². The molecule has 1 aromatic heterocycles. The van der Waals surface area contributed by atoms with Gasteiger partial charge in [-0.15, -0.1) is 0 Å². The van der Waals surface area contributed by atoms with Crippen LogP contribution in [0.3, 0.4) is 0 Å². The van der Waals surface area contributed by atoms with Crippen molar-refractivity contribution in [1.82, 2.24) is 4.98 Å². The normalized spacial score (nSPS) is 21.9. The van der Waals surface area contributed by atoms with Crippen molar-refractivity contribution in [2.75, 3.05) is 24.6 Å². The predicted octanol–water partition coefficient (Wildman–Crippen LogP) is 2.05. The van der Waals surface area contributed by atoms with Crippen molar-refractivity contribution in [2.45, 2.75) is 12.1 Å². The number of fused-ring (bicyclic) bond motifs is 1. The number of alkyl halides is 1. The van der Waals surface area contributed by atoms with Crippen LogP contribution in [0.1, 0.15) is 6.42 Å². The fourth-order valence-electron chi connectivity index (χ4n) is 2.76. The number of aliphatic hydroxyl groups is 1. The smallest absolute Gasteiger partial charge is 0.278 e. The maximum absolute atomic E-state index is 14.2. The molecule has 1 atom stereocenters. The Morgan fingerprint density at radius 3 is 2.90 bits per heavy atom. The Hall–Kier alpha value is -2.28. The molecule has 1 aromatic carbocycles. The number of aliphatic hydroxyl groups excluding tert-OH is 1. The molecule has 3 rings (SSSR count). The van der Waals surface area contributed by atoms with Crippen molar-refractivity contribution in [1.29, 1.82) is 0 Å². The second kappa shape index (κ2) is 4.92. The van der Waals surface area contributed by atoms with E-state index < -0.39 is 17.2 Å². The maximum Gasteiger partial charge on any atom is 0.278 e. The molecule has 0 spiro atoms. The van der Waals surface area contributed by atoms with Crippen LogP contribution in [-0.4, -0.2) is 40.4 Å². The van der Waals surface area contributed by atoms with Crippen LogP contribution < -0.4 is 4.90 Å². The third-order valence-corrected chi connectivity index (χ3v) is 3.90. The molecule has 2 aromatic rings. The summed E-state index contributed by atoms with van der Waals surface area (Å²) in [5, 5.41) is 21.3. The van der Waals surface area contributed by atoms with Gasteiger partial charge in [-0.3, -0.25) is 15.1 Å². The second-order valence-electron chi connectivity index (χ2n) is 5.26. The first-order valence-corrected chi connectivity index (χ1v) is 6.60. The zero-order valence-corrected chi connectivity index (χ0v) is 11.2. The van der Waals surface area contributed by atoms with E-state index in [1.807, 2.05) is 4.90 Å². The lowest BCUT2D eigenvalue weighted by molar-refractivity contribution is -0.383. The van der Waals surface area contributed by atoms with Crippen LogP contribution >= 0.6 is 0 Å². The summed E-state index contributed by atoms with van der Waals surface area (Å²) < 4.78 is 14.2. The highest BCUT2D eigenvalue weighted by Gasteiger charge is 2.38. The number of anilines is 1. The number of halogens is 1. The minimum absolute atomic E-state index is 0.0188. The molecule has 7 heteroatoms. The lowest BCUT2D eigenvalue weighted by Gasteiger charge is -2.22. The lowest BCUT2D eigenvalue weighted by Crippen LogP contribution is -2.32. The Kier molecular flexibility index (Phi) is 3.21. The van der Waals surface area contributed by atoms with Crippen molar-refractivity contribution in [3.63, 3.8) is 0 Å². The van der Waals surface area contributed by atoms with E-state index in [9.17, 15) is 14.5 Å². The van der Waals surface area contributed by atoms with Crippen LogP contribution in [0.5, 0.6) is 0 Å². The van der Waals surface area contributed by atoms with Crippen molar-refractivity contribution >= 4 is 22.1 Å². The fourth-order valence-corrected chi connectivity index (χ4v) is 2.76. The van der Waals surface area contributed by atoms with Gasteiger partial charge in [0, 0.05) is 42.5 Å². The molecule has 0 radical (unpaired) electrons. The van der Waals surface area contributed by atoms with Crippen molar-refractivity contribution in [3.8, 4) is 0 Å². The summed E-state index contributed by atoms with van der Waals surface area (Å²) in [6.45, 7) is 0.0288. The Balaban J connectivity index is 2.09. The number of non-ortho nitro benzene ring substituents is 1. The van der Waals surface area contributed by atoms with Gasteiger partial charge in [-0.1, -0.05) is 0 Å². The second-order valence-corrected chi connectivity index (χ2v) is 5.26. The molecule has 1 fully saturated rings. The molecule has 0 bridgehead atoms. The first-order valence-electron chi connectivity index (χ1n) is 6.60. The van der Waals surface area contributed by atoms with E-state index in [0.29, 0.717) is 17.3 Å². The molecule has 1 aliphatic heterocycles. The summed E-state index contributed by atoms with van der Waals surface area (Å²) in [6.07, 6.45) is 3.25. The SMILES string of the molecule is O=[N+]([O-])c1ccc(N2CC[C@](F)(CO)C2)c2ccncc12. The molecule has 0 aliphatic carbocycles. The number of pyridine rings is 1. The molecule has 0 saturated carbocycles. The number of benzene rings is 1. The van der Waals surface area contributed by atoms with Gasteiger partial charge in [0.25, 0.3) is 5.69 Å². The number of aromatic nitrogens is 1. The minimum atomic E-state index is -1.61. The third kappa shape index (κ3) is 2.29. The molecule has 1 N–H and O–H groups in total. The van der Waals surface area contributed by atoms with Gasteiger partial charge >= 0.3 is 0 Å². The lowest BCUT2D eigenvalue weighted by atomic mass is 10.1. The molecule has 21 heavy (non-hydrogen) atoms. The molecule has 0 amide bonds. The molecule has 2 heterocycles. The number of rotatable bonds is 3. The first-order chi connectivity index (χ1) is 10.0. The Morgan fingerprint density at radius 1 is 1.43 bits per heavy atom. The third-order valence-electron chi connectivity index (χ3n) is 3.90. The van der Waals surface area contributed by atoms with Gasteiger partial charge in [0.1, 0.15) is 0 Å². The summed E-state index contributed by atoms with van der Waals surface area (Å²) in [6, 6.07) is 4.73. The Bertz CT molecular complexity index is 709. The van der Waals surface area contributed by atoms with Crippen LogP contribution in [0.2, 0.25) is 0 Å². The van der Waals surface area contributed by atoms with Crippen LogP contribution in [0.4, 0.5) is 15.8 Å². The van der Waals surface area contributed by atoms with Gasteiger partial charge in [0.15, 0.2) is 5.67 Å². The largest absolute Gasteiger partial charge is 0.393 e. The molecule has 110 valence electrons. The average molecular weight is 291 g/mol. The molecule has 6 nitrogen and oxygen atoms in total.